The second-order valence-electron chi connectivity index (χ2n) is 7.15. The molecule has 7 nitrogen and oxygen atoms in total. The molecule has 0 amide bonds. The summed E-state index contributed by atoms with van der Waals surface area (Å²) in [5, 5.41) is 3.45. The first-order valence-corrected chi connectivity index (χ1v) is 9.64. The predicted octanol–water partition coefficient (Wildman–Crippen LogP) is 4.21. The van der Waals surface area contributed by atoms with E-state index < -0.39 is 0 Å². The predicted molar refractivity (Wildman–Crippen MR) is 116 cm³/mol. The molecule has 5 rings (SSSR count). The van der Waals surface area contributed by atoms with Crippen LogP contribution in [0.2, 0.25) is 0 Å². The van der Waals surface area contributed by atoms with Gasteiger partial charge in [0.2, 0.25) is 0 Å². The van der Waals surface area contributed by atoms with Crippen molar-refractivity contribution in [1.82, 2.24) is 24.8 Å². The number of anilines is 2. The van der Waals surface area contributed by atoms with Gasteiger partial charge in [-0.1, -0.05) is 24.8 Å². The summed E-state index contributed by atoms with van der Waals surface area (Å²) in [4.78, 5) is 29.9. The highest BCUT2D eigenvalue weighted by Gasteiger charge is 2.31. The lowest BCUT2D eigenvalue weighted by Gasteiger charge is -2.29. The Hall–Kier alpha value is -4.13. The molecule has 0 saturated heterocycles. The van der Waals surface area contributed by atoms with Crippen molar-refractivity contribution in [2.75, 3.05) is 11.9 Å². The summed E-state index contributed by atoms with van der Waals surface area (Å²) in [6.45, 7) is 4.95. The summed E-state index contributed by atoms with van der Waals surface area (Å²) in [6, 6.07) is 13.7. The van der Waals surface area contributed by atoms with Gasteiger partial charge in [-0.2, -0.15) is 0 Å². The van der Waals surface area contributed by atoms with Gasteiger partial charge in [-0.3, -0.25) is 9.78 Å². The fourth-order valence-corrected chi connectivity index (χ4v) is 3.78. The van der Waals surface area contributed by atoms with Gasteiger partial charge in [0.05, 0.1) is 53.9 Å². The van der Waals surface area contributed by atoms with Crippen molar-refractivity contribution in [3.05, 3.63) is 90.9 Å². The van der Waals surface area contributed by atoms with Crippen LogP contribution in [0.5, 0.6) is 0 Å². The number of para-hydroxylation sites is 1. The van der Waals surface area contributed by atoms with Crippen LogP contribution in [-0.2, 0) is 6.54 Å². The van der Waals surface area contributed by atoms with Gasteiger partial charge >= 0.3 is 0 Å². The molecule has 0 aliphatic carbocycles. The molecule has 0 saturated carbocycles. The molecule has 30 heavy (non-hydrogen) atoms. The number of nitrogens with one attached hydrogen (secondary N) is 3. The molecular formula is C23H20N6O. The number of carbonyl (C=O) groups excluding carboxylic acids is 1. The smallest absolute Gasteiger partial charge is 0.186 e. The van der Waals surface area contributed by atoms with Crippen LogP contribution in [0, 0.1) is 0 Å². The van der Waals surface area contributed by atoms with Crippen molar-refractivity contribution in [2.24, 2.45) is 0 Å². The summed E-state index contributed by atoms with van der Waals surface area (Å²) in [5.74, 6) is 0.0342. The van der Waals surface area contributed by atoms with Crippen LogP contribution in [0.3, 0.4) is 0 Å². The molecule has 3 N–H and O–H groups in total. The van der Waals surface area contributed by atoms with Crippen LogP contribution < -0.4 is 5.32 Å². The Balaban J connectivity index is 1.58. The van der Waals surface area contributed by atoms with Crippen LogP contribution in [0.1, 0.15) is 21.7 Å². The van der Waals surface area contributed by atoms with Crippen molar-refractivity contribution in [3.8, 4) is 11.3 Å². The standard InChI is InChI=1S/C23H20N6O/c1-15(18-11-25-14-26-18)29-12-19-21(20(30)13-29)23(27-17-5-3-2-4-6-17)22(28-19)16-7-9-24-10-8-16/h2-11,14,27-28H,1,12-13H2,(H,25,26). The van der Waals surface area contributed by atoms with Crippen LogP contribution in [0.15, 0.2) is 74.0 Å². The SMILES string of the molecule is C=C(c1cnc[nH]1)N1CC(=O)c2c([nH]c(-c3ccncc3)c2Nc2ccccc2)C1. The molecule has 7 heteroatoms. The third-order valence-corrected chi connectivity index (χ3v) is 5.24. The minimum absolute atomic E-state index is 0.0342. The van der Waals surface area contributed by atoms with Crippen molar-refractivity contribution in [2.45, 2.75) is 6.54 Å². The number of Topliss-reactive ketones (excluding diaryl/α,β-unsaturated/α-hetero) is 1. The molecule has 4 heterocycles. The molecule has 0 spiro atoms. The zero-order chi connectivity index (χ0) is 20.5. The maximum atomic E-state index is 13.2. The van der Waals surface area contributed by atoms with Crippen molar-refractivity contribution in [3.63, 3.8) is 0 Å². The summed E-state index contributed by atoms with van der Waals surface area (Å²) in [7, 11) is 0. The van der Waals surface area contributed by atoms with Crippen molar-refractivity contribution < 1.29 is 4.79 Å². The number of rotatable bonds is 5. The van der Waals surface area contributed by atoms with Gasteiger partial charge in [0.15, 0.2) is 5.78 Å². The van der Waals surface area contributed by atoms with E-state index in [4.69, 9.17) is 0 Å². The van der Waals surface area contributed by atoms with E-state index in [-0.39, 0.29) is 12.3 Å². The number of aromatic nitrogens is 4. The quantitative estimate of drug-likeness (QED) is 0.470. The van der Waals surface area contributed by atoms with Gasteiger partial charge in [0.1, 0.15) is 0 Å². The third-order valence-electron chi connectivity index (χ3n) is 5.24. The molecule has 0 atom stereocenters. The largest absolute Gasteiger partial charge is 0.357 e. The Morgan fingerprint density at radius 2 is 1.87 bits per heavy atom. The average molecular weight is 396 g/mol. The van der Waals surface area contributed by atoms with E-state index in [0.29, 0.717) is 12.1 Å². The van der Waals surface area contributed by atoms with E-state index in [1.165, 1.54) is 0 Å². The Bertz CT molecular complexity index is 1200. The summed E-state index contributed by atoms with van der Waals surface area (Å²) in [5.41, 5.74) is 6.64. The third kappa shape index (κ3) is 3.16. The number of ketones is 1. The molecule has 3 aromatic heterocycles. The number of hydrogen-bond donors (Lipinski definition) is 3. The minimum atomic E-state index is 0.0342. The number of H-pyrrole nitrogens is 2. The van der Waals surface area contributed by atoms with Gasteiger partial charge in [-0.05, 0) is 24.3 Å². The van der Waals surface area contributed by atoms with Gasteiger partial charge < -0.3 is 20.2 Å². The monoisotopic (exact) mass is 396 g/mol. The van der Waals surface area contributed by atoms with E-state index in [9.17, 15) is 4.79 Å². The molecule has 1 aliphatic rings. The Morgan fingerprint density at radius 1 is 1.07 bits per heavy atom. The average Bonchev–Trinajstić information content (AvgIpc) is 3.43. The summed E-state index contributed by atoms with van der Waals surface area (Å²) < 4.78 is 0. The van der Waals surface area contributed by atoms with Crippen molar-refractivity contribution >= 4 is 22.9 Å². The van der Waals surface area contributed by atoms with E-state index in [1.54, 1.807) is 24.9 Å². The second kappa shape index (κ2) is 7.36. The Morgan fingerprint density at radius 3 is 2.60 bits per heavy atom. The van der Waals surface area contributed by atoms with Crippen LogP contribution in [-0.4, -0.2) is 37.2 Å². The minimum Gasteiger partial charge on any atom is -0.357 e. The molecular weight excluding hydrogens is 376 g/mol. The lowest BCUT2D eigenvalue weighted by molar-refractivity contribution is 0.0941. The van der Waals surface area contributed by atoms with E-state index >= 15 is 0 Å². The first-order valence-electron chi connectivity index (χ1n) is 9.64. The van der Waals surface area contributed by atoms with E-state index in [1.807, 2.05) is 47.4 Å². The number of hydrogen-bond acceptors (Lipinski definition) is 5. The van der Waals surface area contributed by atoms with Gasteiger partial charge in [0, 0.05) is 29.3 Å². The zero-order valence-electron chi connectivity index (χ0n) is 16.2. The lowest BCUT2D eigenvalue weighted by Crippen LogP contribution is -2.33. The normalized spacial score (nSPS) is 13.2. The number of benzene rings is 1. The number of imidazole rings is 1. The summed E-state index contributed by atoms with van der Waals surface area (Å²) in [6.07, 6.45) is 6.81. The number of carbonyl (C=O) groups is 1. The molecule has 0 fully saturated rings. The molecule has 1 aliphatic heterocycles. The Labute approximate surface area is 173 Å². The Kier molecular flexibility index (Phi) is 4.40. The fourth-order valence-electron chi connectivity index (χ4n) is 3.78. The molecule has 148 valence electrons. The molecule has 1 aromatic carbocycles. The highest BCUT2D eigenvalue weighted by Crippen LogP contribution is 2.38. The maximum Gasteiger partial charge on any atom is 0.186 e. The molecule has 4 aromatic rings. The van der Waals surface area contributed by atoms with Crippen molar-refractivity contribution in [1.29, 1.82) is 0 Å². The zero-order valence-corrected chi connectivity index (χ0v) is 16.2. The van der Waals surface area contributed by atoms with Gasteiger partial charge in [-0.15, -0.1) is 0 Å². The van der Waals surface area contributed by atoms with Gasteiger partial charge in [-0.25, -0.2) is 4.98 Å². The topological polar surface area (TPSA) is 89.7 Å². The van der Waals surface area contributed by atoms with Crippen LogP contribution in [0.4, 0.5) is 11.4 Å². The fraction of sp³-hybridized carbons (Fsp3) is 0.0870. The maximum absolute atomic E-state index is 13.2. The van der Waals surface area contributed by atoms with E-state index in [2.05, 4.69) is 31.8 Å². The first-order chi connectivity index (χ1) is 14.7. The highest BCUT2D eigenvalue weighted by atomic mass is 16.1. The van der Waals surface area contributed by atoms with Crippen LogP contribution in [0.25, 0.3) is 17.0 Å². The number of fused-ring (bicyclic) bond motifs is 1. The number of aromatic amines is 2. The van der Waals surface area contributed by atoms with Crippen LogP contribution >= 0.6 is 0 Å². The second-order valence-corrected chi connectivity index (χ2v) is 7.15. The first kappa shape index (κ1) is 17.9. The number of pyridine rings is 1. The number of nitrogens with zero attached hydrogens (tertiary/aromatic N) is 3. The molecule has 0 radical (unpaired) electrons. The lowest BCUT2D eigenvalue weighted by atomic mass is 10.0. The highest BCUT2D eigenvalue weighted by molar-refractivity contribution is 6.08. The molecule has 0 unspecified atom stereocenters. The molecule has 0 bridgehead atoms. The van der Waals surface area contributed by atoms with Gasteiger partial charge in [0.25, 0.3) is 0 Å². The van der Waals surface area contributed by atoms with E-state index in [0.717, 1.165) is 39.7 Å². The summed E-state index contributed by atoms with van der Waals surface area (Å²) >= 11 is 0.